The average molecular weight is 284 g/mol. The average Bonchev–Trinajstić information content (AvgIpc) is 2.23. The number of nitrogens with one attached hydrogen (secondary N) is 1. The molecule has 88 valence electrons. The highest BCUT2D eigenvalue weighted by Crippen LogP contribution is 2.16. The molecule has 0 unspecified atom stereocenters. The van der Waals surface area contributed by atoms with Gasteiger partial charge >= 0.3 is 0 Å². The lowest BCUT2D eigenvalue weighted by Gasteiger charge is -2.08. The number of hydrogen-bond acceptors (Lipinski definition) is 1. The van der Waals surface area contributed by atoms with E-state index < -0.39 is 0 Å². The van der Waals surface area contributed by atoms with E-state index in [1.54, 1.807) is 0 Å². The van der Waals surface area contributed by atoms with E-state index in [4.69, 9.17) is 0 Å². The van der Waals surface area contributed by atoms with E-state index in [0.29, 0.717) is 6.42 Å². The van der Waals surface area contributed by atoms with Crippen molar-refractivity contribution in [2.24, 2.45) is 0 Å². The summed E-state index contributed by atoms with van der Waals surface area (Å²) < 4.78 is 0. The summed E-state index contributed by atoms with van der Waals surface area (Å²) in [5.74, 6) is 0.105. The lowest BCUT2D eigenvalue weighted by Crippen LogP contribution is -2.12. The summed E-state index contributed by atoms with van der Waals surface area (Å²) in [4.78, 5) is 11.6. The first kappa shape index (κ1) is 13.2. The van der Waals surface area contributed by atoms with Crippen molar-refractivity contribution >= 4 is 27.5 Å². The number of anilines is 1. The standard InChI is InChI=1S/C13H18BrNO/c1-10-6-7-12(11(2)9-10)15-13(16)5-3-4-8-14/h6-7,9H,3-5,8H2,1-2H3,(H,15,16). The molecule has 0 saturated heterocycles. The van der Waals surface area contributed by atoms with Crippen molar-refractivity contribution in [1.29, 1.82) is 0 Å². The summed E-state index contributed by atoms with van der Waals surface area (Å²) in [6, 6.07) is 6.06. The molecular formula is C13H18BrNO. The fourth-order valence-electron chi connectivity index (χ4n) is 1.55. The molecule has 1 aromatic carbocycles. The van der Waals surface area contributed by atoms with E-state index >= 15 is 0 Å². The zero-order valence-electron chi connectivity index (χ0n) is 9.85. The van der Waals surface area contributed by atoms with Gasteiger partial charge < -0.3 is 5.32 Å². The van der Waals surface area contributed by atoms with Crippen LogP contribution in [0.3, 0.4) is 0 Å². The molecule has 0 aromatic heterocycles. The molecule has 0 radical (unpaired) electrons. The van der Waals surface area contributed by atoms with Crippen molar-refractivity contribution in [2.75, 3.05) is 10.6 Å². The first-order valence-corrected chi connectivity index (χ1v) is 6.68. The molecule has 1 aromatic rings. The Morgan fingerprint density at radius 3 is 2.69 bits per heavy atom. The van der Waals surface area contributed by atoms with Gasteiger partial charge in [0.05, 0.1) is 0 Å². The Hall–Kier alpha value is -0.830. The smallest absolute Gasteiger partial charge is 0.224 e. The quantitative estimate of drug-likeness (QED) is 0.646. The van der Waals surface area contributed by atoms with E-state index in [2.05, 4.69) is 34.2 Å². The molecule has 0 aliphatic rings. The Kier molecular flexibility index (Phi) is 5.53. The van der Waals surface area contributed by atoms with Gasteiger partial charge in [-0.2, -0.15) is 0 Å². The van der Waals surface area contributed by atoms with E-state index in [1.165, 1.54) is 5.56 Å². The van der Waals surface area contributed by atoms with Gasteiger partial charge in [-0.05, 0) is 38.3 Å². The number of amides is 1. The highest BCUT2D eigenvalue weighted by molar-refractivity contribution is 9.09. The monoisotopic (exact) mass is 283 g/mol. The van der Waals surface area contributed by atoms with Crippen molar-refractivity contribution < 1.29 is 4.79 Å². The molecule has 3 heteroatoms. The molecule has 0 aliphatic heterocycles. The van der Waals surface area contributed by atoms with E-state index in [-0.39, 0.29) is 5.91 Å². The van der Waals surface area contributed by atoms with E-state index in [9.17, 15) is 4.79 Å². The van der Waals surface area contributed by atoms with Crippen LogP contribution >= 0.6 is 15.9 Å². The molecule has 0 heterocycles. The van der Waals surface area contributed by atoms with Gasteiger partial charge in [0.1, 0.15) is 0 Å². The van der Waals surface area contributed by atoms with Gasteiger partial charge in [-0.3, -0.25) is 4.79 Å². The number of benzene rings is 1. The highest BCUT2D eigenvalue weighted by atomic mass is 79.9. The van der Waals surface area contributed by atoms with Crippen LogP contribution in [0.4, 0.5) is 5.69 Å². The molecule has 0 bridgehead atoms. The van der Waals surface area contributed by atoms with Crippen LogP contribution in [-0.4, -0.2) is 11.2 Å². The number of aryl methyl sites for hydroxylation is 2. The number of carbonyl (C=O) groups excluding carboxylic acids is 1. The fourth-order valence-corrected chi connectivity index (χ4v) is 1.94. The van der Waals surface area contributed by atoms with Crippen molar-refractivity contribution in [3.8, 4) is 0 Å². The molecule has 16 heavy (non-hydrogen) atoms. The van der Waals surface area contributed by atoms with Crippen LogP contribution in [0.25, 0.3) is 0 Å². The van der Waals surface area contributed by atoms with Crippen molar-refractivity contribution in [3.63, 3.8) is 0 Å². The molecule has 0 fully saturated rings. The minimum atomic E-state index is 0.105. The predicted molar refractivity (Wildman–Crippen MR) is 72.2 cm³/mol. The van der Waals surface area contributed by atoms with Crippen LogP contribution in [-0.2, 0) is 4.79 Å². The Labute approximate surface area is 106 Å². The Morgan fingerprint density at radius 1 is 1.31 bits per heavy atom. The second-order valence-electron chi connectivity index (χ2n) is 4.01. The van der Waals surface area contributed by atoms with Gasteiger partial charge in [-0.15, -0.1) is 0 Å². The van der Waals surface area contributed by atoms with Gasteiger partial charge in [-0.25, -0.2) is 0 Å². The van der Waals surface area contributed by atoms with Crippen LogP contribution in [0.15, 0.2) is 18.2 Å². The SMILES string of the molecule is Cc1ccc(NC(=O)CCCCBr)c(C)c1. The third-order valence-corrected chi connectivity index (χ3v) is 3.00. The van der Waals surface area contributed by atoms with Crippen molar-refractivity contribution in [2.45, 2.75) is 33.1 Å². The minimum Gasteiger partial charge on any atom is -0.326 e. The molecule has 0 saturated carbocycles. The summed E-state index contributed by atoms with van der Waals surface area (Å²) >= 11 is 3.35. The third kappa shape index (κ3) is 4.35. The molecule has 1 rings (SSSR count). The maximum atomic E-state index is 11.6. The van der Waals surface area contributed by atoms with E-state index in [0.717, 1.165) is 29.4 Å². The Balaban J connectivity index is 2.49. The summed E-state index contributed by atoms with van der Waals surface area (Å²) in [5, 5.41) is 3.90. The normalized spacial score (nSPS) is 10.2. The van der Waals surface area contributed by atoms with Crippen molar-refractivity contribution in [1.82, 2.24) is 0 Å². The lowest BCUT2D eigenvalue weighted by molar-refractivity contribution is -0.116. The lowest BCUT2D eigenvalue weighted by atomic mass is 10.1. The summed E-state index contributed by atoms with van der Waals surface area (Å²) in [7, 11) is 0. The topological polar surface area (TPSA) is 29.1 Å². The molecule has 2 nitrogen and oxygen atoms in total. The van der Waals surface area contributed by atoms with Gasteiger partial charge in [0.2, 0.25) is 5.91 Å². The fraction of sp³-hybridized carbons (Fsp3) is 0.462. The predicted octanol–water partition coefficient (Wildman–Crippen LogP) is 3.81. The first-order valence-electron chi connectivity index (χ1n) is 5.56. The molecule has 1 N–H and O–H groups in total. The Bertz CT molecular complexity index is 363. The summed E-state index contributed by atoms with van der Waals surface area (Å²) in [6.45, 7) is 4.07. The molecule has 0 spiro atoms. The second-order valence-corrected chi connectivity index (χ2v) is 4.81. The molecule has 0 aliphatic carbocycles. The molecule has 0 atom stereocenters. The molecular weight excluding hydrogens is 266 g/mol. The Morgan fingerprint density at radius 2 is 2.06 bits per heavy atom. The first-order chi connectivity index (χ1) is 7.63. The largest absolute Gasteiger partial charge is 0.326 e. The van der Waals surface area contributed by atoms with Crippen LogP contribution < -0.4 is 5.32 Å². The maximum absolute atomic E-state index is 11.6. The number of rotatable bonds is 5. The van der Waals surface area contributed by atoms with E-state index in [1.807, 2.05) is 19.1 Å². The number of hydrogen-bond donors (Lipinski definition) is 1. The second kappa shape index (κ2) is 6.69. The number of halogens is 1. The maximum Gasteiger partial charge on any atom is 0.224 e. The molecule has 1 amide bonds. The van der Waals surface area contributed by atoms with Crippen LogP contribution in [0.5, 0.6) is 0 Å². The van der Waals surface area contributed by atoms with Gasteiger partial charge in [0.15, 0.2) is 0 Å². The van der Waals surface area contributed by atoms with Gasteiger partial charge in [-0.1, -0.05) is 33.6 Å². The van der Waals surface area contributed by atoms with Gasteiger partial charge in [0.25, 0.3) is 0 Å². The van der Waals surface area contributed by atoms with Crippen LogP contribution in [0, 0.1) is 13.8 Å². The minimum absolute atomic E-state index is 0.105. The summed E-state index contributed by atoms with van der Waals surface area (Å²) in [6.07, 6.45) is 2.57. The summed E-state index contributed by atoms with van der Waals surface area (Å²) in [5.41, 5.74) is 3.26. The number of carbonyl (C=O) groups is 1. The third-order valence-electron chi connectivity index (χ3n) is 2.44. The highest BCUT2D eigenvalue weighted by Gasteiger charge is 2.04. The van der Waals surface area contributed by atoms with Crippen molar-refractivity contribution in [3.05, 3.63) is 29.3 Å². The zero-order valence-corrected chi connectivity index (χ0v) is 11.4. The van der Waals surface area contributed by atoms with Gasteiger partial charge in [0, 0.05) is 17.4 Å². The zero-order chi connectivity index (χ0) is 12.0. The van der Waals surface area contributed by atoms with Crippen LogP contribution in [0.2, 0.25) is 0 Å². The van der Waals surface area contributed by atoms with Crippen LogP contribution in [0.1, 0.15) is 30.4 Å². The number of alkyl halides is 1. The number of unbranched alkanes of at least 4 members (excludes halogenated alkanes) is 1.